The van der Waals surface area contributed by atoms with Crippen LogP contribution in [-0.2, 0) is 19.1 Å². The fourth-order valence-electron chi connectivity index (χ4n) is 4.04. The fourth-order valence-corrected chi connectivity index (χ4v) is 4.04. The van der Waals surface area contributed by atoms with Crippen molar-refractivity contribution in [2.75, 3.05) is 13.2 Å². The van der Waals surface area contributed by atoms with E-state index in [9.17, 15) is 9.59 Å². The second kappa shape index (κ2) is 13.6. The summed E-state index contributed by atoms with van der Waals surface area (Å²) in [5.74, 6) is 0.500. The van der Waals surface area contributed by atoms with E-state index >= 15 is 0 Å². The van der Waals surface area contributed by atoms with E-state index in [1.54, 1.807) is 0 Å². The summed E-state index contributed by atoms with van der Waals surface area (Å²) in [5, 5.41) is 0. The number of carbonyl (C=O) groups is 2. The topological polar surface area (TPSA) is 52.6 Å². The van der Waals surface area contributed by atoms with Crippen molar-refractivity contribution < 1.29 is 19.1 Å². The number of ether oxygens (including phenoxy) is 2. The van der Waals surface area contributed by atoms with E-state index in [2.05, 4.69) is 55.4 Å². The fraction of sp³-hybridized carbons (Fsp3) is 0.929. The summed E-state index contributed by atoms with van der Waals surface area (Å²) in [6, 6.07) is 0. The number of hydrogen-bond donors (Lipinski definition) is 0. The molecule has 1 aliphatic rings. The lowest BCUT2D eigenvalue weighted by atomic mass is 9.82. The molecule has 0 spiro atoms. The molecule has 0 bridgehead atoms. The summed E-state index contributed by atoms with van der Waals surface area (Å²) in [7, 11) is 0. The Morgan fingerprint density at radius 2 is 1.03 bits per heavy atom. The van der Waals surface area contributed by atoms with Gasteiger partial charge in [0.05, 0.1) is 25.0 Å². The van der Waals surface area contributed by atoms with Crippen LogP contribution in [0.3, 0.4) is 0 Å². The summed E-state index contributed by atoms with van der Waals surface area (Å²) in [5.41, 5.74) is 0.713. The van der Waals surface area contributed by atoms with Gasteiger partial charge in [-0.15, -0.1) is 0 Å². The highest BCUT2D eigenvalue weighted by molar-refractivity contribution is 5.75. The summed E-state index contributed by atoms with van der Waals surface area (Å²) >= 11 is 0. The van der Waals surface area contributed by atoms with Gasteiger partial charge in [-0.05, 0) is 74.0 Å². The van der Waals surface area contributed by atoms with E-state index in [4.69, 9.17) is 9.47 Å². The molecule has 2 unspecified atom stereocenters. The van der Waals surface area contributed by atoms with Crippen LogP contribution in [0, 0.1) is 34.5 Å². The van der Waals surface area contributed by atoms with Gasteiger partial charge in [-0.25, -0.2) is 0 Å². The van der Waals surface area contributed by atoms with Gasteiger partial charge in [-0.2, -0.15) is 0 Å². The first kappa shape index (κ1) is 29.0. The number of carbonyl (C=O) groups excluding carboxylic acids is 2. The van der Waals surface area contributed by atoms with Gasteiger partial charge >= 0.3 is 11.9 Å². The van der Waals surface area contributed by atoms with Crippen LogP contribution < -0.4 is 0 Å². The average molecular weight is 453 g/mol. The molecule has 32 heavy (non-hydrogen) atoms. The summed E-state index contributed by atoms with van der Waals surface area (Å²) in [4.78, 5) is 25.0. The highest BCUT2D eigenvalue weighted by Gasteiger charge is 2.32. The first-order valence-electron chi connectivity index (χ1n) is 13.2. The molecule has 1 aliphatic carbocycles. The molecule has 0 saturated heterocycles. The first-order valence-corrected chi connectivity index (χ1v) is 13.2. The molecule has 0 heterocycles. The zero-order valence-electron chi connectivity index (χ0n) is 22.4. The van der Waals surface area contributed by atoms with E-state index in [0.29, 0.717) is 35.9 Å². The Labute approximate surface area is 198 Å². The van der Waals surface area contributed by atoms with E-state index < -0.39 is 0 Å². The molecule has 4 nitrogen and oxygen atoms in total. The molecule has 0 amide bonds. The van der Waals surface area contributed by atoms with E-state index in [1.807, 2.05) is 0 Å². The number of rotatable bonds is 14. The molecular weight excluding hydrogens is 400 g/mol. The minimum atomic E-state index is -0.0782. The molecule has 0 aromatic carbocycles. The van der Waals surface area contributed by atoms with Crippen molar-refractivity contribution in [3.63, 3.8) is 0 Å². The minimum absolute atomic E-state index is 0.0615. The Balaban J connectivity index is 2.26. The van der Waals surface area contributed by atoms with E-state index in [0.717, 1.165) is 51.4 Å². The van der Waals surface area contributed by atoms with Crippen molar-refractivity contribution in [3.05, 3.63) is 0 Å². The van der Waals surface area contributed by atoms with Crippen LogP contribution in [-0.4, -0.2) is 25.2 Å². The van der Waals surface area contributed by atoms with Gasteiger partial charge in [-0.3, -0.25) is 9.59 Å². The maximum atomic E-state index is 12.5. The molecule has 0 aromatic heterocycles. The molecule has 0 N–H and O–H groups in total. The van der Waals surface area contributed by atoms with Gasteiger partial charge in [0.1, 0.15) is 0 Å². The monoisotopic (exact) mass is 452 g/mol. The average Bonchev–Trinajstić information content (AvgIpc) is 2.78. The lowest BCUT2D eigenvalue weighted by Crippen LogP contribution is -2.29. The predicted octanol–water partition coefficient (Wildman–Crippen LogP) is 7.58. The van der Waals surface area contributed by atoms with Crippen molar-refractivity contribution >= 4 is 11.9 Å². The smallest absolute Gasteiger partial charge is 0.308 e. The Bertz CT molecular complexity index is 508. The Hall–Kier alpha value is -1.06. The van der Waals surface area contributed by atoms with Crippen molar-refractivity contribution in [3.8, 4) is 0 Å². The molecule has 0 aromatic rings. The number of esters is 2. The molecule has 1 rings (SSSR count). The van der Waals surface area contributed by atoms with Gasteiger partial charge in [-0.1, -0.05) is 68.2 Å². The predicted molar refractivity (Wildman–Crippen MR) is 132 cm³/mol. The third-order valence-electron chi connectivity index (χ3n) is 7.96. The van der Waals surface area contributed by atoms with Crippen molar-refractivity contribution in [2.45, 2.75) is 120 Å². The van der Waals surface area contributed by atoms with Crippen molar-refractivity contribution in [1.82, 2.24) is 0 Å². The van der Waals surface area contributed by atoms with Crippen LogP contribution in [0.1, 0.15) is 120 Å². The summed E-state index contributed by atoms with van der Waals surface area (Å²) in [6.45, 7) is 19.0. The molecular formula is C28H52O4. The molecule has 0 aliphatic heterocycles. The Morgan fingerprint density at radius 3 is 1.31 bits per heavy atom. The van der Waals surface area contributed by atoms with E-state index in [-0.39, 0.29) is 23.8 Å². The molecule has 0 radical (unpaired) electrons. The largest absolute Gasteiger partial charge is 0.465 e. The second-order valence-electron chi connectivity index (χ2n) is 12.1. The van der Waals surface area contributed by atoms with Crippen LogP contribution in [0.2, 0.25) is 0 Å². The molecule has 188 valence electrons. The van der Waals surface area contributed by atoms with Crippen LogP contribution >= 0.6 is 0 Å². The molecule has 1 fully saturated rings. The third-order valence-corrected chi connectivity index (χ3v) is 7.96. The lowest BCUT2D eigenvalue weighted by Gasteiger charge is -2.28. The van der Waals surface area contributed by atoms with Gasteiger partial charge < -0.3 is 9.47 Å². The van der Waals surface area contributed by atoms with Crippen LogP contribution in [0.15, 0.2) is 0 Å². The van der Waals surface area contributed by atoms with Gasteiger partial charge in [0, 0.05) is 0 Å². The second-order valence-corrected chi connectivity index (χ2v) is 12.1. The normalized spacial score (nSPS) is 21.6. The quantitative estimate of drug-likeness (QED) is 0.255. The number of hydrogen-bond acceptors (Lipinski definition) is 4. The zero-order valence-corrected chi connectivity index (χ0v) is 22.4. The van der Waals surface area contributed by atoms with Crippen molar-refractivity contribution in [2.24, 2.45) is 34.5 Å². The third kappa shape index (κ3) is 11.2. The highest BCUT2D eigenvalue weighted by Crippen LogP contribution is 2.32. The SMILES string of the molecule is CCC(C)(C)CCC(C)COC(=O)C1CCC(C(=O)OCC(C)CCC(C)(C)CC)CC1. The molecule has 1 saturated carbocycles. The molecule has 4 heteroatoms. The lowest BCUT2D eigenvalue weighted by molar-refractivity contribution is -0.156. The van der Waals surface area contributed by atoms with Gasteiger partial charge in [0.2, 0.25) is 0 Å². The van der Waals surface area contributed by atoms with Crippen LogP contribution in [0.25, 0.3) is 0 Å². The summed E-state index contributed by atoms with van der Waals surface area (Å²) in [6.07, 6.45) is 9.75. The molecule has 2 atom stereocenters. The van der Waals surface area contributed by atoms with E-state index in [1.165, 1.54) is 12.8 Å². The first-order chi connectivity index (χ1) is 14.9. The van der Waals surface area contributed by atoms with Gasteiger partial charge in [0.15, 0.2) is 0 Å². The standard InChI is InChI=1S/C28H52O4/c1-9-27(5,6)17-15-21(3)19-31-25(29)23-11-13-24(14-12-23)26(30)32-20-22(4)16-18-28(7,8)10-2/h21-24H,9-20H2,1-8H3. The minimum Gasteiger partial charge on any atom is -0.465 e. The maximum absolute atomic E-state index is 12.5. The maximum Gasteiger partial charge on any atom is 0.308 e. The Morgan fingerprint density at radius 1 is 0.719 bits per heavy atom. The van der Waals surface area contributed by atoms with Crippen molar-refractivity contribution in [1.29, 1.82) is 0 Å². The Kier molecular flexibility index (Phi) is 12.3. The summed E-state index contributed by atoms with van der Waals surface area (Å²) < 4.78 is 11.3. The van der Waals surface area contributed by atoms with Crippen LogP contribution in [0.4, 0.5) is 0 Å². The highest BCUT2D eigenvalue weighted by atomic mass is 16.5. The van der Waals surface area contributed by atoms with Crippen LogP contribution in [0.5, 0.6) is 0 Å². The zero-order chi connectivity index (χ0) is 24.4. The van der Waals surface area contributed by atoms with Gasteiger partial charge in [0.25, 0.3) is 0 Å².